The first-order chi connectivity index (χ1) is 14.0. The average Bonchev–Trinajstić information content (AvgIpc) is 2.76. The topological polar surface area (TPSA) is 48.0 Å². The third kappa shape index (κ3) is 4.69. The van der Waals surface area contributed by atoms with Gasteiger partial charge in [-0.25, -0.2) is 0 Å². The molecule has 0 aliphatic rings. The molecule has 0 spiro atoms. The molecule has 150 valence electrons. The van der Waals surface area contributed by atoms with Crippen molar-refractivity contribution < 1.29 is 19.0 Å². The summed E-state index contributed by atoms with van der Waals surface area (Å²) in [5, 5.41) is 2.35. The summed E-state index contributed by atoms with van der Waals surface area (Å²) in [6.07, 6.45) is 3.28. The van der Waals surface area contributed by atoms with Gasteiger partial charge in [-0.15, -0.1) is 0 Å². The summed E-state index contributed by atoms with van der Waals surface area (Å²) in [6.45, 7) is 0.531. The number of benzene rings is 3. The van der Waals surface area contributed by atoms with Gasteiger partial charge in [0.2, 0.25) is 11.7 Å². The zero-order valence-electron chi connectivity index (χ0n) is 17.1. The summed E-state index contributed by atoms with van der Waals surface area (Å²) < 4.78 is 16.0. The Bertz CT molecular complexity index is 1020. The number of likely N-dealkylation sites (N-methyl/N-ethyl adjacent to an activating group) is 1. The fraction of sp³-hybridized carbons (Fsp3) is 0.208. The number of carbonyl (C=O) groups excluding carboxylic acids is 1. The minimum Gasteiger partial charge on any atom is -0.493 e. The van der Waals surface area contributed by atoms with E-state index in [4.69, 9.17) is 14.2 Å². The highest BCUT2D eigenvalue weighted by atomic mass is 16.5. The fourth-order valence-corrected chi connectivity index (χ4v) is 3.18. The first-order valence-electron chi connectivity index (χ1n) is 9.26. The van der Waals surface area contributed by atoms with Crippen LogP contribution in [0.15, 0.2) is 60.7 Å². The molecule has 5 nitrogen and oxygen atoms in total. The number of amides is 1. The van der Waals surface area contributed by atoms with Crippen molar-refractivity contribution in [1.29, 1.82) is 0 Å². The van der Waals surface area contributed by atoms with Crippen molar-refractivity contribution in [2.24, 2.45) is 0 Å². The fourth-order valence-electron chi connectivity index (χ4n) is 3.18. The number of carbonyl (C=O) groups is 1. The summed E-state index contributed by atoms with van der Waals surface area (Å²) in [4.78, 5) is 14.2. The second-order valence-corrected chi connectivity index (χ2v) is 6.67. The minimum absolute atomic E-state index is 0.0908. The van der Waals surface area contributed by atoms with Crippen LogP contribution < -0.4 is 14.2 Å². The molecule has 1 amide bonds. The van der Waals surface area contributed by atoms with Gasteiger partial charge in [0, 0.05) is 19.7 Å². The van der Waals surface area contributed by atoms with E-state index < -0.39 is 0 Å². The van der Waals surface area contributed by atoms with Crippen LogP contribution in [0, 0.1) is 0 Å². The summed E-state index contributed by atoms with van der Waals surface area (Å²) in [6, 6.07) is 18.0. The standard InChI is InChI=1S/C24H25NO4/c1-25(16-18-9-11-19-7-5-6-8-20(19)13-18)23(26)12-10-17-14-21(27-2)24(29-4)22(15-17)28-3/h5-15H,16H2,1-4H3/b12-10+. The van der Waals surface area contributed by atoms with Crippen molar-refractivity contribution in [1.82, 2.24) is 4.90 Å². The second kappa shape index (κ2) is 9.15. The second-order valence-electron chi connectivity index (χ2n) is 6.67. The third-order valence-electron chi connectivity index (χ3n) is 4.72. The molecule has 0 heterocycles. The van der Waals surface area contributed by atoms with E-state index in [0.29, 0.717) is 23.8 Å². The molecule has 0 unspecified atom stereocenters. The Kier molecular flexibility index (Phi) is 6.39. The van der Waals surface area contributed by atoms with Crippen molar-refractivity contribution in [2.45, 2.75) is 6.54 Å². The molecule has 0 saturated carbocycles. The molecule has 0 aliphatic carbocycles. The molecule has 0 fully saturated rings. The average molecular weight is 391 g/mol. The molecule has 0 aliphatic heterocycles. The van der Waals surface area contributed by atoms with E-state index in [1.54, 1.807) is 57.6 Å². The Morgan fingerprint density at radius 3 is 2.17 bits per heavy atom. The Morgan fingerprint density at radius 1 is 0.897 bits per heavy atom. The SMILES string of the molecule is COc1cc(/C=C/C(=O)N(C)Cc2ccc3ccccc3c2)cc(OC)c1OC. The molecule has 5 heteroatoms. The predicted octanol–water partition coefficient (Wildman–Crippen LogP) is 4.54. The molecule has 0 saturated heterocycles. The molecule has 3 aromatic rings. The highest BCUT2D eigenvalue weighted by Gasteiger charge is 2.12. The smallest absolute Gasteiger partial charge is 0.246 e. The van der Waals surface area contributed by atoms with Gasteiger partial charge >= 0.3 is 0 Å². The van der Waals surface area contributed by atoms with Gasteiger partial charge in [0.1, 0.15) is 0 Å². The highest BCUT2D eigenvalue weighted by molar-refractivity contribution is 5.92. The Hall–Kier alpha value is -3.47. The summed E-state index contributed by atoms with van der Waals surface area (Å²) in [5.41, 5.74) is 1.87. The molecule has 29 heavy (non-hydrogen) atoms. The van der Waals surface area contributed by atoms with Crippen LogP contribution in [0.25, 0.3) is 16.8 Å². The van der Waals surface area contributed by atoms with Crippen LogP contribution in [0.3, 0.4) is 0 Å². The van der Waals surface area contributed by atoms with E-state index in [-0.39, 0.29) is 5.91 Å². The van der Waals surface area contributed by atoms with Crippen molar-refractivity contribution in [3.05, 3.63) is 71.8 Å². The van der Waals surface area contributed by atoms with Crippen molar-refractivity contribution in [3.8, 4) is 17.2 Å². The number of nitrogens with zero attached hydrogens (tertiary/aromatic N) is 1. The molecule has 0 aromatic heterocycles. The number of hydrogen-bond acceptors (Lipinski definition) is 4. The maximum atomic E-state index is 12.6. The van der Waals surface area contributed by atoms with Crippen LogP contribution in [0.4, 0.5) is 0 Å². The molecule has 3 aromatic carbocycles. The van der Waals surface area contributed by atoms with Crippen molar-refractivity contribution in [2.75, 3.05) is 28.4 Å². The van der Waals surface area contributed by atoms with Crippen LogP contribution in [-0.2, 0) is 11.3 Å². The van der Waals surface area contributed by atoms with E-state index in [0.717, 1.165) is 11.1 Å². The summed E-state index contributed by atoms with van der Waals surface area (Å²) >= 11 is 0. The Morgan fingerprint density at radius 2 is 1.55 bits per heavy atom. The Labute approximate surface area is 171 Å². The third-order valence-corrected chi connectivity index (χ3v) is 4.72. The minimum atomic E-state index is -0.0908. The summed E-state index contributed by atoms with van der Waals surface area (Å²) in [5.74, 6) is 1.52. The Balaban J connectivity index is 1.73. The van der Waals surface area contributed by atoms with Crippen LogP contribution >= 0.6 is 0 Å². The molecular weight excluding hydrogens is 366 g/mol. The molecule has 0 bridgehead atoms. The quantitative estimate of drug-likeness (QED) is 0.555. The first-order valence-corrected chi connectivity index (χ1v) is 9.26. The maximum Gasteiger partial charge on any atom is 0.246 e. The first kappa shape index (κ1) is 20.3. The van der Waals surface area contributed by atoms with Gasteiger partial charge in [-0.3, -0.25) is 4.79 Å². The van der Waals surface area contributed by atoms with Crippen LogP contribution in [0.1, 0.15) is 11.1 Å². The van der Waals surface area contributed by atoms with Gasteiger partial charge in [-0.05, 0) is 46.2 Å². The number of hydrogen-bond donors (Lipinski definition) is 0. The zero-order chi connectivity index (χ0) is 20.8. The number of ether oxygens (including phenoxy) is 3. The number of methoxy groups -OCH3 is 3. The molecular formula is C24H25NO4. The lowest BCUT2D eigenvalue weighted by atomic mass is 10.1. The molecule has 3 rings (SSSR count). The van der Waals surface area contributed by atoms with Gasteiger partial charge in [-0.2, -0.15) is 0 Å². The van der Waals surface area contributed by atoms with Gasteiger partial charge < -0.3 is 19.1 Å². The van der Waals surface area contributed by atoms with E-state index in [1.165, 1.54) is 10.8 Å². The zero-order valence-corrected chi connectivity index (χ0v) is 17.1. The lowest BCUT2D eigenvalue weighted by molar-refractivity contribution is -0.125. The van der Waals surface area contributed by atoms with Crippen LogP contribution in [0.2, 0.25) is 0 Å². The van der Waals surface area contributed by atoms with Gasteiger partial charge in [0.25, 0.3) is 0 Å². The van der Waals surface area contributed by atoms with Gasteiger partial charge in [-0.1, -0.05) is 36.4 Å². The van der Waals surface area contributed by atoms with E-state index in [2.05, 4.69) is 30.3 Å². The monoisotopic (exact) mass is 391 g/mol. The lowest BCUT2D eigenvalue weighted by Gasteiger charge is -2.16. The molecule has 0 atom stereocenters. The lowest BCUT2D eigenvalue weighted by Crippen LogP contribution is -2.24. The normalized spacial score (nSPS) is 10.9. The maximum absolute atomic E-state index is 12.6. The van der Waals surface area contributed by atoms with Crippen molar-refractivity contribution >= 4 is 22.8 Å². The van der Waals surface area contributed by atoms with Crippen LogP contribution in [-0.4, -0.2) is 39.2 Å². The summed E-state index contributed by atoms with van der Waals surface area (Å²) in [7, 11) is 6.47. The van der Waals surface area contributed by atoms with Gasteiger partial charge in [0.15, 0.2) is 11.5 Å². The van der Waals surface area contributed by atoms with Crippen LogP contribution in [0.5, 0.6) is 17.2 Å². The molecule has 0 radical (unpaired) electrons. The predicted molar refractivity (Wildman–Crippen MR) is 116 cm³/mol. The van der Waals surface area contributed by atoms with Crippen molar-refractivity contribution in [3.63, 3.8) is 0 Å². The highest BCUT2D eigenvalue weighted by Crippen LogP contribution is 2.38. The number of fused-ring (bicyclic) bond motifs is 1. The number of rotatable bonds is 7. The van der Waals surface area contributed by atoms with E-state index >= 15 is 0 Å². The van der Waals surface area contributed by atoms with Gasteiger partial charge in [0.05, 0.1) is 21.3 Å². The molecule has 0 N–H and O–H groups in total. The largest absolute Gasteiger partial charge is 0.493 e. The van der Waals surface area contributed by atoms with E-state index in [9.17, 15) is 4.79 Å². The van der Waals surface area contributed by atoms with E-state index in [1.807, 2.05) is 12.1 Å².